The van der Waals surface area contributed by atoms with E-state index in [0.29, 0.717) is 23.8 Å². The van der Waals surface area contributed by atoms with Crippen molar-refractivity contribution in [2.75, 3.05) is 18.4 Å². The van der Waals surface area contributed by atoms with Crippen LogP contribution in [0.4, 0.5) is 5.13 Å². The number of nitrogens with zero attached hydrogens (tertiary/aromatic N) is 2. The van der Waals surface area contributed by atoms with E-state index in [2.05, 4.69) is 29.6 Å². The highest BCUT2D eigenvalue weighted by Gasteiger charge is 2.27. The number of benzene rings is 3. The van der Waals surface area contributed by atoms with Crippen LogP contribution in [0, 0.1) is 0 Å². The van der Waals surface area contributed by atoms with Crippen LogP contribution in [0.25, 0.3) is 32.5 Å². The largest absolute Gasteiger partial charge is 0.298 e. The second-order valence-corrected chi connectivity index (χ2v) is 11.3. The number of rotatable bonds is 4. The maximum atomic E-state index is 12.8. The summed E-state index contributed by atoms with van der Waals surface area (Å²) >= 11 is 1.46. The predicted molar refractivity (Wildman–Crippen MR) is 131 cm³/mol. The zero-order chi connectivity index (χ0) is 22.6. The van der Waals surface area contributed by atoms with E-state index in [1.807, 2.05) is 12.1 Å². The van der Waals surface area contributed by atoms with Crippen LogP contribution in [-0.2, 0) is 10.0 Å². The summed E-state index contributed by atoms with van der Waals surface area (Å²) in [5.41, 5.74) is 3.51. The summed E-state index contributed by atoms with van der Waals surface area (Å²) in [6, 6.07) is 18.5. The molecule has 0 saturated carbocycles. The molecule has 2 heterocycles. The lowest BCUT2D eigenvalue weighted by Gasteiger charge is -2.25. The number of carbonyl (C=O) groups excluding carboxylic acids is 1. The second kappa shape index (κ2) is 7.76. The average Bonchev–Trinajstić information content (AvgIpc) is 3.39. The van der Waals surface area contributed by atoms with Crippen molar-refractivity contribution < 1.29 is 13.2 Å². The summed E-state index contributed by atoms with van der Waals surface area (Å²) < 4.78 is 27.2. The van der Waals surface area contributed by atoms with Gasteiger partial charge < -0.3 is 0 Å². The van der Waals surface area contributed by atoms with Gasteiger partial charge in [-0.1, -0.05) is 54.2 Å². The Bertz CT molecular complexity index is 1450. The van der Waals surface area contributed by atoms with Crippen molar-refractivity contribution in [1.82, 2.24) is 9.29 Å². The van der Waals surface area contributed by atoms with Crippen molar-refractivity contribution in [2.24, 2.45) is 0 Å². The Morgan fingerprint density at radius 2 is 1.61 bits per heavy atom. The maximum Gasteiger partial charge on any atom is 0.257 e. The number of anilines is 1. The third-order valence-electron chi connectivity index (χ3n) is 6.32. The molecule has 3 aromatic carbocycles. The zero-order valence-corrected chi connectivity index (χ0v) is 19.4. The summed E-state index contributed by atoms with van der Waals surface area (Å²) in [7, 11) is -3.52. The minimum Gasteiger partial charge on any atom is -0.298 e. The quantitative estimate of drug-likeness (QED) is 0.379. The first-order valence-electron chi connectivity index (χ1n) is 11.0. The lowest BCUT2D eigenvalue weighted by molar-refractivity contribution is 0.102. The van der Waals surface area contributed by atoms with E-state index >= 15 is 0 Å². The highest BCUT2D eigenvalue weighted by molar-refractivity contribution is 7.89. The maximum absolute atomic E-state index is 12.8. The number of amides is 1. The fraction of sp³-hybridized carbons (Fsp3) is 0.200. The lowest BCUT2D eigenvalue weighted by Crippen LogP contribution is -2.35. The van der Waals surface area contributed by atoms with E-state index in [1.165, 1.54) is 38.5 Å². The first-order chi connectivity index (χ1) is 16.0. The average molecular weight is 476 g/mol. The molecule has 33 heavy (non-hydrogen) atoms. The van der Waals surface area contributed by atoms with Crippen LogP contribution >= 0.6 is 11.3 Å². The van der Waals surface area contributed by atoms with Crippen LogP contribution in [-0.4, -0.2) is 36.7 Å². The van der Waals surface area contributed by atoms with Gasteiger partial charge in [-0.3, -0.25) is 10.1 Å². The summed E-state index contributed by atoms with van der Waals surface area (Å²) in [4.78, 5) is 18.8. The van der Waals surface area contributed by atoms with Crippen molar-refractivity contribution in [2.45, 2.75) is 24.2 Å². The van der Waals surface area contributed by atoms with Crippen LogP contribution in [0.2, 0.25) is 0 Å². The van der Waals surface area contributed by atoms with Crippen molar-refractivity contribution in [3.63, 3.8) is 0 Å². The van der Waals surface area contributed by atoms with Crippen molar-refractivity contribution in [3.05, 3.63) is 66.2 Å². The molecule has 1 saturated heterocycles. The van der Waals surface area contributed by atoms with Crippen LogP contribution in [0.15, 0.2) is 65.6 Å². The third kappa shape index (κ3) is 3.37. The Kier molecular flexibility index (Phi) is 4.83. The summed E-state index contributed by atoms with van der Waals surface area (Å²) in [5, 5.41) is 5.80. The molecule has 2 aliphatic rings. The molecule has 166 valence electrons. The normalized spacial score (nSPS) is 15.5. The first kappa shape index (κ1) is 20.5. The van der Waals surface area contributed by atoms with Gasteiger partial charge in [-0.15, -0.1) is 0 Å². The van der Waals surface area contributed by atoms with Crippen molar-refractivity contribution in [3.8, 4) is 21.7 Å². The highest BCUT2D eigenvalue weighted by Crippen LogP contribution is 2.50. The standard InChI is InChI=1S/C25H21N3O3S2/c29-24(17-10-12-18(13-11-17)33(30,31)28-14-2-1-3-15-28)27-25-26-22-19-8-4-6-16-7-5-9-20(21(16)19)23(22)32-25/h4-13H,1-3,14-15H2,(H,26,27,29). The van der Waals surface area contributed by atoms with Crippen LogP contribution in [0.3, 0.4) is 0 Å². The van der Waals surface area contributed by atoms with Gasteiger partial charge in [-0.05, 0) is 47.9 Å². The Morgan fingerprint density at radius 3 is 2.33 bits per heavy atom. The number of thiazole rings is 1. The number of fused-ring (bicyclic) bond motifs is 3. The number of hydrogen-bond acceptors (Lipinski definition) is 5. The molecule has 8 heteroatoms. The molecule has 1 N–H and O–H groups in total. The van der Waals surface area contributed by atoms with Gasteiger partial charge in [0.05, 0.1) is 15.5 Å². The number of piperidine rings is 1. The number of aromatic nitrogens is 1. The van der Waals surface area contributed by atoms with E-state index in [0.717, 1.165) is 41.0 Å². The zero-order valence-electron chi connectivity index (χ0n) is 17.7. The summed E-state index contributed by atoms with van der Waals surface area (Å²) in [6.45, 7) is 1.10. The molecule has 6 nitrogen and oxygen atoms in total. The molecule has 1 amide bonds. The fourth-order valence-corrected chi connectivity index (χ4v) is 7.19. The van der Waals surface area contributed by atoms with Crippen LogP contribution in [0.1, 0.15) is 29.6 Å². The smallest absolute Gasteiger partial charge is 0.257 e. The molecule has 4 aromatic rings. The Morgan fingerprint density at radius 1 is 0.909 bits per heavy atom. The molecule has 0 bridgehead atoms. The Hall–Kier alpha value is -3.07. The molecule has 0 spiro atoms. The molecule has 1 aliphatic heterocycles. The third-order valence-corrected chi connectivity index (χ3v) is 9.24. The van der Waals surface area contributed by atoms with E-state index in [9.17, 15) is 13.2 Å². The first-order valence-corrected chi connectivity index (χ1v) is 13.2. The number of hydrogen-bond donors (Lipinski definition) is 1. The van der Waals surface area contributed by atoms with Gasteiger partial charge in [0.15, 0.2) is 5.13 Å². The van der Waals surface area contributed by atoms with Crippen molar-refractivity contribution in [1.29, 1.82) is 0 Å². The van der Waals surface area contributed by atoms with Gasteiger partial charge >= 0.3 is 0 Å². The van der Waals surface area contributed by atoms with E-state index in [4.69, 9.17) is 4.98 Å². The summed E-state index contributed by atoms with van der Waals surface area (Å²) in [6.07, 6.45) is 2.83. The minimum atomic E-state index is -3.52. The topological polar surface area (TPSA) is 79.4 Å². The molecule has 1 fully saturated rings. The van der Waals surface area contributed by atoms with Gasteiger partial charge in [0, 0.05) is 29.8 Å². The predicted octanol–water partition coefficient (Wildman–Crippen LogP) is 5.37. The number of carbonyl (C=O) groups is 1. The second-order valence-electron chi connectivity index (χ2n) is 8.35. The highest BCUT2D eigenvalue weighted by atomic mass is 32.2. The van der Waals surface area contributed by atoms with Crippen LogP contribution < -0.4 is 5.32 Å². The SMILES string of the molecule is O=C(Nc1nc2c(s1)-c1cccc3cccc-2c13)c1ccc(S(=O)(=O)N2CCCCC2)cc1. The van der Waals surface area contributed by atoms with Gasteiger partial charge in [0.25, 0.3) is 5.91 Å². The van der Waals surface area contributed by atoms with Gasteiger partial charge in [-0.25, -0.2) is 13.4 Å². The lowest BCUT2D eigenvalue weighted by atomic mass is 10.0. The van der Waals surface area contributed by atoms with E-state index in [1.54, 1.807) is 12.1 Å². The van der Waals surface area contributed by atoms with Gasteiger partial charge in [0.1, 0.15) is 0 Å². The molecular formula is C25H21N3O3S2. The number of sulfonamides is 1. The molecular weight excluding hydrogens is 454 g/mol. The van der Waals surface area contributed by atoms with Crippen LogP contribution in [0.5, 0.6) is 0 Å². The van der Waals surface area contributed by atoms with Gasteiger partial charge in [-0.2, -0.15) is 4.31 Å². The Balaban J connectivity index is 1.23. The fourth-order valence-electron chi connectivity index (χ4n) is 4.67. The van der Waals surface area contributed by atoms with Crippen molar-refractivity contribution >= 4 is 43.2 Å². The minimum absolute atomic E-state index is 0.221. The monoisotopic (exact) mass is 475 g/mol. The Labute approximate surface area is 195 Å². The van der Waals surface area contributed by atoms with E-state index < -0.39 is 10.0 Å². The molecule has 0 unspecified atom stereocenters. The number of nitrogens with one attached hydrogen (secondary N) is 1. The molecule has 1 aliphatic carbocycles. The molecule has 0 radical (unpaired) electrons. The van der Waals surface area contributed by atoms with E-state index in [-0.39, 0.29) is 10.8 Å². The van der Waals surface area contributed by atoms with Gasteiger partial charge in [0.2, 0.25) is 10.0 Å². The molecule has 1 aromatic heterocycles. The molecule has 6 rings (SSSR count). The summed E-state index contributed by atoms with van der Waals surface area (Å²) in [5.74, 6) is -0.309. The molecule has 0 atom stereocenters.